The SMILES string of the molecule is C1=c2ccccc2=C(C2CCCCCCCCC2)[N]1. The molecular formula is C18H24N. The summed E-state index contributed by atoms with van der Waals surface area (Å²) >= 11 is 0. The van der Waals surface area contributed by atoms with Gasteiger partial charge in [-0.15, -0.1) is 0 Å². The van der Waals surface area contributed by atoms with Crippen LogP contribution in [0.3, 0.4) is 0 Å². The minimum atomic E-state index is 0.693. The molecule has 101 valence electrons. The Kier molecular flexibility index (Phi) is 4.22. The molecule has 0 amide bonds. The highest BCUT2D eigenvalue weighted by molar-refractivity contribution is 5.56. The van der Waals surface area contributed by atoms with Gasteiger partial charge in [-0.1, -0.05) is 69.2 Å². The second kappa shape index (κ2) is 6.27. The average Bonchev–Trinajstić information content (AvgIpc) is 2.88. The topological polar surface area (TPSA) is 14.1 Å². The molecule has 19 heavy (non-hydrogen) atoms. The predicted molar refractivity (Wildman–Crippen MR) is 80.7 cm³/mol. The van der Waals surface area contributed by atoms with Gasteiger partial charge in [-0.05, 0) is 12.8 Å². The fourth-order valence-electron chi connectivity index (χ4n) is 3.46. The van der Waals surface area contributed by atoms with E-state index in [1.807, 2.05) is 0 Å². The normalized spacial score (nSPS) is 21.4. The van der Waals surface area contributed by atoms with Crippen molar-refractivity contribution in [3.63, 3.8) is 0 Å². The van der Waals surface area contributed by atoms with Crippen LogP contribution in [0.4, 0.5) is 0 Å². The summed E-state index contributed by atoms with van der Waals surface area (Å²) in [6, 6.07) is 8.69. The third kappa shape index (κ3) is 3.02. The van der Waals surface area contributed by atoms with E-state index in [1.165, 1.54) is 73.9 Å². The summed E-state index contributed by atoms with van der Waals surface area (Å²) in [4.78, 5) is 0. The summed E-state index contributed by atoms with van der Waals surface area (Å²) in [5.41, 5.74) is 1.37. The Bertz CT molecular complexity index is 519. The lowest BCUT2D eigenvalue weighted by atomic mass is 9.89. The summed E-state index contributed by atoms with van der Waals surface area (Å²) in [5, 5.41) is 7.45. The molecule has 1 radical (unpaired) electrons. The zero-order chi connectivity index (χ0) is 12.9. The summed E-state index contributed by atoms with van der Waals surface area (Å²) in [7, 11) is 0. The van der Waals surface area contributed by atoms with Gasteiger partial charge in [0.2, 0.25) is 0 Å². The lowest BCUT2D eigenvalue weighted by Gasteiger charge is -2.19. The first kappa shape index (κ1) is 12.8. The maximum absolute atomic E-state index is 4.75. The van der Waals surface area contributed by atoms with E-state index >= 15 is 0 Å². The highest BCUT2D eigenvalue weighted by Crippen LogP contribution is 2.27. The quantitative estimate of drug-likeness (QED) is 0.730. The summed E-state index contributed by atoms with van der Waals surface area (Å²) in [6.45, 7) is 0. The number of hydrogen-bond acceptors (Lipinski definition) is 0. The molecule has 1 aliphatic carbocycles. The van der Waals surface area contributed by atoms with Gasteiger partial charge in [0.1, 0.15) is 0 Å². The molecule has 0 atom stereocenters. The minimum absolute atomic E-state index is 0.693. The van der Waals surface area contributed by atoms with Gasteiger partial charge in [0.25, 0.3) is 0 Å². The van der Waals surface area contributed by atoms with Crippen LogP contribution in [0.5, 0.6) is 0 Å². The fourth-order valence-corrected chi connectivity index (χ4v) is 3.46. The molecule has 1 aliphatic heterocycles. The predicted octanol–water partition coefficient (Wildman–Crippen LogP) is 3.29. The molecule has 0 unspecified atom stereocenters. The Morgan fingerprint density at radius 2 is 1.42 bits per heavy atom. The molecule has 1 aromatic carbocycles. The van der Waals surface area contributed by atoms with Crippen molar-refractivity contribution in [2.75, 3.05) is 0 Å². The van der Waals surface area contributed by atoms with Crippen LogP contribution >= 0.6 is 0 Å². The van der Waals surface area contributed by atoms with Gasteiger partial charge in [0.15, 0.2) is 0 Å². The third-order valence-corrected chi connectivity index (χ3v) is 4.57. The van der Waals surface area contributed by atoms with Crippen LogP contribution in [-0.2, 0) is 0 Å². The average molecular weight is 254 g/mol. The lowest BCUT2D eigenvalue weighted by molar-refractivity contribution is 0.445. The first-order chi connectivity index (χ1) is 9.45. The second-order valence-electron chi connectivity index (χ2n) is 5.98. The molecule has 1 heterocycles. The molecule has 1 fully saturated rings. The van der Waals surface area contributed by atoms with Crippen LogP contribution in [0.25, 0.3) is 11.9 Å². The van der Waals surface area contributed by atoms with Gasteiger partial charge in [-0.3, -0.25) is 5.32 Å². The molecule has 1 aromatic rings. The van der Waals surface area contributed by atoms with Gasteiger partial charge in [-0.25, -0.2) is 0 Å². The molecule has 1 saturated carbocycles. The highest BCUT2D eigenvalue weighted by atomic mass is 14.9. The summed E-state index contributed by atoms with van der Waals surface area (Å²) in [5.74, 6) is 0.693. The third-order valence-electron chi connectivity index (χ3n) is 4.57. The Balaban J connectivity index is 1.82. The van der Waals surface area contributed by atoms with Gasteiger partial charge < -0.3 is 0 Å². The highest BCUT2D eigenvalue weighted by Gasteiger charge is 2.18. The molecule has 0 bridgehead atoms. The molecule has 2 aliphatic rings. The maximum atomic E-state index is 4.75. The lowest BCUT2D eigenvalue weighted by Crippen LogP contribution is -2.25. The van der Waals surface area contributed by atoms with Crippen molar-refractivity contribution < 1.29 is 0 Å². The van der Waals surface area contributed by atoms with Crippen molar-refractivity contribution in [1.29, 1.82) is 0 Å². The molecule has 3 rings (SSSR count). The van der Waals surface area contributed by atoms with E-state index in [2.05, 4.69) is 30.5 Å². The smallest absolute Gasteiger partial charge is 0.0513 e. The molecule has 1 heteroatoms. The van der Waals surface area contributed by atoms with E-state index in [0.29, 0.717) is 5.92 Å². The Morgan fingerprint density at radius 1 is 0.789 bits per heavy atom. The Hall–Kier alpha value is -1.24. The van der Waals surface area contributed by atoms with Crippen molar-refractivity contribution in [2.24, 2.45) is 5.92 Å². The zero-order valence-electron chi connectivity index (χ0n) is 11.8. The number of benzene rings is 1. The fraction of sp³-hybridized carbons (Fsp3) is 0.556. The number of rotatable bonds is 1. The summed E-state index contributed by atoms with van der Waals surface area (Å²) in [6.07, 6.45) is 14.6. The maximum Gasteiger partial charge on any atom is 0.0513 e. The van der Waals surface area contributed by atoms with Gasteiger partial charge in [0.05, 0.1) is 5.70 Å². The molecule has 0 spiro atoms. The van der Waals surface area contributed by atoms with E-state index in [9.17, 15) is 0 Å². The van der Waals surface area contributed by atoms with Gasteiger partial charge >= 0.3 is 0 Å². The first-order valence-electron chi connectivity index (χ1n) is 7.95. The van der Waals surface area contributed by atoms with Crippen LogP contribution in [0.2, 0.25) is 0 Å². The summed E-state index contributed by atoms with van der Waals surface area (Å²) < 4.78 is 0. The molecule has 0 aromatic heterocycles. The van der Waals surface area contributed by atoms with Crippen LogP contribution in [0, 0.1) is 5.92 Å². The largest absolute Gasteiger partial charge is 0.260 e. The van der Waals surface area contributed by atoms with E-state index in [-0.39, 0.29) is 0 Å². The van der Waals surface area contributed by atoms with E-state index < -0.39 is 0 Å². The van der Waals surface area contributed by atoms with Gasteiger partial charge in [-0.2, -0.15) is 0 Å². The number of fused-ring (bicyclic) bond motifs is 1. The first-order valence-corrected chi connectivity index (χ1v) is 7.95. The van der Waals surface area contributed by atoms with E-state index in [1.54, 1.807) is 0 Å². The van der Waals surface area contributed by atoms with Crippen molar-refractivity contribution in [3.8, 4) is 0 Å². The molecular weight excluding hydrogens is 230 g/mol. The second-order valence-corrected chi connectivity index (χ2v) is 5.98. The van der Waals surface area contributed by atoms with Crippen molar-refractivity contribution in [3.05, 3.63) is 34.7 Å². The molecule has 1 nitrogen and oxygen atoms in total. The Morgan fingerprint density at radius 3 is 2.16 bits per heavy atom. The van der Waals surface area contributed by atoms with Crippen molar-refractivity contribution in [1.82, 2.24) is 5.32 Å². The Labute approximate surface area is 116 Å². The van der Waals surface area contributed by atoms with Crippen LogP contribution in [0.1, 0.15) is 57.8 Å². The number of hydrogen-bond donors (Lipinski definition) is 0. The van der Waals surface area contributed by atoms with Crippen molar-refractivity contribution >= 4 is 11.9 Å². The number of nitrogens with zero attached hydrogens (tertiary/aromatic N) is 1. The monoisotopic (exact) mass is 254 g/mol. The van der Waals surface area contributed by atoms with Crippen molar-refractivity contribution in [2.45, 2.75) is 57.8 Å². The van der Waals surface area contributed by atoms with Gasteiger partial charge in [0, 0.05) is 22.6 Å². The van der Waals surface area contributed by atoms with E-state index in [4.69, 9.17) is 5.32 Å². The minimum Gasteiger partial charge on any atom is -0.260 e. The molecule has 0 saturated heterocycles. The standard InChI is InChI=1S/C18H24N/c1-2-4-6-10-15(11-7-5-3-1)18-17-13-9-8-12-16(17)14-19-18/h8-9,12-15H,1-7,10-11H2. The van der Waals surface area contributed by atoms with Crippen LogP contribution < -0.4 is 15.8 Å². The zero-order valence-corrected chi connectivity index (χ0v) is 11.8. The van der Waals surface area contributed by atoms with E-state index in [0.717, 1.165) is 0 Å². The van der Waals surface area contributed by atoms with Crippen LogP contribution in [-0.4, -0.2) is 0 Å². The van der Waals surface area contributed by atoms with Crippen LogP contribution in [0.15, 0.2) is 24.3 Å². The molecule has 0 N–H and O–H groups in total.